The molecule has 2 aliphatic heterocycles. The third-order valence-corrected chi connectivity index (χ3v) is 11.2. The van der Waals surface area contributed by atoms with Gasteiger partial charge >= 0.3 is 0 Å². The van der Waals surface area contributed by atoms with E-state index in [1.54, 1.807) is 18.2 Å². The van der Waals surface area contributed by atoms with Gasteiger partial charge in [0.1, 0.15) is 11.6 Å². The van der Waals surface area contributed by atoms with E-state index >= 15 is 0 Å². The van der Waals surface area contributed by atoms with Gasteiger partial charge in [-0.05, 0) is 105 Å². The lowest BCUT2D eigenvalue weighted by Crippen LogP contribution is -2.41. The molecule has 6 rings (SSSR count). The zero-order valence-corrected chi connectivity index (χ0v) is 29.3. The van der Waals surface area contributed by atoms with Crippen LogP contribution in [0.2, 0.25) is 0 Å². The molecule has 5 heterocycles. The number of hydrogen-bond acceptors (Lipinski definition) is 8. The summed E-state index contributed by atoms with van der Waals surface area (Å²) in [7, 11) is -4.28. The van der Waals surface area contributed by atoms with Crippen molar-refractivity contribution in [3.05, 3.63) is 71.2 Å². The van der Waals surface area contributed by atoms with Crippen molar-refractivity contribution in [2.75, 3.05) is 16.8 Å². The van der Waals surface area contributed by atoms with Gasteiger partial charge in [0, 0.05) is 29.4 Å². The average molecular weight is 645 g/mol. The monoisotopic (exact) mass is 644 g/mol. The lowest BCUT2D eigenvalue weighted by atomic mass is 9.88. The number of anilines is 2. The summed E-state index contributed by atoms with van der Waals surface area (Å²) in [6.07, 6.45) is 6.74. The molecular weight excluding hydrogens is 597 g/mol. The van der Waals surface area contributed by atoms with Crippen molar-refractivity contribution in [3.63, 3.8) is 0 Å². The predicted molar refractivity (Wildman–Crippen MR) is 181 cm³/mol. The van der Waals surface area contributed by atoms with Crippen LogP contribution in [0.25, 0.3) is 0 Å². The van der Waals surface area contributed by atoms with Crippen LogP contribution in [0.5, 0.6) is 0 Å². The van der Waals surface area contributed by atoms with E-state index in [9.17, 15) is 13.2 Å². The van der Waals surface area contributed by atoms with Gasteiger partial charge in [-0.1, -0.05) is 47.6 Å². The van der Waals surface area contributed by atoms with Crippen molar-refractivity contribution < 1.29 is 13.2 Å². The van der Waals surface area contributed by atoms with E-state index in [4.69, 9.17) is 9.97 Å². The Kier molecular flexibility index (Phi) is 7.77. The van der Waals surface area contributed by atoms with Gasteiger partial charge in [0.2, 0.25) is 0 Å². The second kappa shape index (κ2) is 11.0. The topological polar surface area (TPSA) is 117 Å². The van der Waals surface area contributed by atoms with E-state index in [1.807, 2.05) is 12.3 Å². The SMILES string of the molecule is CC(C)(C)CCc1ccnc(C2CC3CC34CN(c3nc(C(C)(C)C)ccc3C(=O)NS(=O)(=O)c3cccc(n3)N2)C(C)(C)C4)c1. The summed E-state index contributed by atoms with van der Waals surface area (Å²) in [4.78, 5) is 30.4. The number of pyridine rings is 3. The molecule has 3 atom stereocenters. The van der Waals surface area contributed by atoms with Crippen molar-refractivity contribution >= 4 is 27.6 Å². The number of carbonyl (C=O) groups excluding carboxylic acids is 1. The first-order valence-corrected chi connectivity index (χ1v) is 17.9. The van der Waals surface area contributed by atoms with Gasteiger partial charge in [0.25, 0.3) is 15.9 Å². The lowest BCUT2D eigenvalue weighted by Gasteiger charge is -2.34. The lowest BCUT2D eigenvalue weighted by molar-refractivity contribution is 0.0981. The Morgan fingerprint density at radius 3 is 2.50 bits per heavy atom. The van der Waals surface area contributed by atoms with E-state index in [0.717, 1.165) is 50.0 Å². The van der Waals surface area contributed by atoms with E-state index in [1.165, 1.54) is 11.6 Å². The molecule has 46 heavy (non-hydrogen) atoms. The highest BCUT2D eigenvalue weighted by molar-refractivity contribution is 7.90. The molecule has 10 heteroatoms. The fraction of sp³-hybridized carbons (Fsp3) is 0.556. The summed E-state index contributed by atoms with van der Waals surface area (Å²) in [6.45, 7) is 18.2. The molecule has 1 saturated heterocycles. The second-order valence-electron chi connectivity index (χ2n) is 16.5. The maximum atomic E-state index is 13.8. The van der Waals surface area contributed by atoms with Gasteiger partial charge in [-0.25, -0.2) is 14.7 Å². The number of fused-ring (bicyclic) bond motifs is 5. The maximum absolute atomic E-state index is 13.8. The Bertz CT molecular complexity index is 1770. The largest absolute Gasteiger partial charge is 0.362 e. The highest BCUT2D eigenvalue weighted by atomic mass is 32.2. The van der Waals surface area contributed by atoms with Crippen LogP contribution in [-0.4, -0.2) is 41.4 Å². The van der Waals surface area contributed by atoms with Gasteiger partial charge < -0.3 is 10.2 Å². The van der Waals surface area contributed by atoms with E-state index in [2.05, 4.69) is 87.4 Å². The molecular formula is C36H48N6O3S. The highest BCUT2D eigenvalue weighted by Crippen LogP contribution is 2.65. The quantitative estimate of drug-likeness (QED) is 0.319. The van der Waals surface area contributed by atoms with E-state index in [0.29, 0.717) is 17.6 Å². The Balaban J connectivity index is 1.44. The summed E-state index contributed by atoms with van der Waals surface area (Å²) < 4.78 is 29.4. The number of aromatic nitrogens is 3. The van der Waals surface area contributed by atoms with Crippen LogP contribution in [0.1, 0.15) is 114 Å². The Morgan fingerprint density at radius 1 is 1.02 bits per heavy atom. The van der Waals surface area contributed by atoms with Crippen LogP contribution in [0.3, 0.4) is 0 Å². The molecule has 3 aliphatic rings. The fourth-order valence-corrected chi connectivity index (χ4v) is 8.21. The summed E-state index contributed by atoms with van der Waals surface area (Å²) in [6, 6.07) is 12.5. The number of nitrogens with one attached hydrogen (secondary N) is 2. The number of carbonyl (C=O) groups is 1. The van der Waals surface area contributed by atoms with Gasteiger partial charge in [-0.3, -0.25) is 9.78 Å². The Labute approximate surface area is 274 Å². The molecule has 2 N–H and O–H groups in total. The molecule has 1 amide bonds. The Morgan fingerprint density at radius 2 is 1.78 bits per heavy atom. The predicted octanol–water partition coefficient (Wildman–Crippen LogP) is 6.82. The minimum Gasteiger partial charge on any atom is -0.362 e. The minimum absolute atomic E-state index is 0.0575. The molecule has 1 aliphatic carbocycles. The third kappa shape index (κ3) is 6.50. The van der Waals surface area contributed by atoms with Crippen molar-refractivity contribution in [1.82, 2.24) is 19.7 Å². The normalized spacial score (nSPS) is 25.3. The molecule has 3 aromatic heterocycles. The van der Waals surface area contributed by atoms with Crippen LogP contribution in [0, 0.1) is 16.7 Å². The van der Waals surface area contributed by atoms with E-state index in [-0.39, 0.29) is 38.4 Å². The molecule has 3 unspecified atom stereocenters. The maximum Gasteiger partial charge on any atom is 0.281 e. The minimum atomic E-state index is -4.28. The van der Waals surface area contributed by atoms with Crippen LogP contribution < -0.4 is 14.9 Å². The third-order valence-electron chi connectivity index (χ3n) is 9.93. The van der Waals surface area contributed by atoms with Crippen molar-refractivity contribution in [2.24, 2.45) is 16.7 Å². The zero-order valence-electron chi connectivity index (χ0n) is 28.4. The van der Waals surface area contributed by atoms with Gasteiger partial charge in [0.05, 0.1) is 17.3 Å². The first-order chi connectivity index (χ1) is 21.4. The first kappa shape index (κ1) is 32.4. The van der Waals surface area contributed by atoms with Gasteiger partial charge in [-0.15, -0.1) is 0 Å². The van der Waals surface area contributed by atoms with Gasteiger partial charge in [-0.2, -0.15) is 8.42 Å². The molecule has 1 spiro atoms. The molecule has 2 fully saturated rings. The number of hydrogen-bond donors (Lipinski definition) is 2. The number of aryl methyl sites for hydroxylation is 1. The summed E-state index contributed by atoms with van der Waals surface area (Å²) in [5.41, 5.74) is 3.00. The molecule has 1 saturated carbocycles. The number of rotatable bonds is 3. The van der Waals surface area contributed by atoms with Crippen LogP contribution >= 0.6 is 0 Å². The fourth-order valence-electron chi connectivity index (χ4n) is 7.28. The smallest absolute Gasteiger partial charge is 0.281 e. The molecule has 9 nitrogen and oxygen atoms in total. The van der Waals surface area contributed by atoms with E-state index < -0.39 is 15.9 Å². The Hall–Kier alpha value is -3.53. The summed E-state index contributed by atoms with van der Waals surface area (Å²) >= 11 is 0. The summed E-state index contributed by atoms with van der Waals surface area (Å²) in [5, 5.41) is 3.33. The van der Waals surface area contributed by atoms with Gasteiger partial charge in [0.15, 0.2) is 5.03 Å². The number of nitrogens with zero attached hydrogens (tertiary/aromatic N) is 4. The molecule has 246 valence electrons. The second-order valence-corrected chi connectivity index (χ2v) is 18.2. The van der Waals surface area contributed by atoms with Crippen LogP contribution in [-0.2, 0) is 21.9 Å². The average Bonchev–Trinajstić information content (AvgIpc) is 3.53. The molecule has 0 radical (unpaired) electrons. The van der Waals surface area contributed by atoms with Crippen molar-refractivity contribution in [2.45, 2.75) is 110 Å². The van der Waals surface area contributed by atoms with Crippen LogP contribution in [0.15, 0.2) is 53.7 Å². The zero-order chi connectivity index (χ0) is 33.3. The molecule has 3 aromatic rings. The highest BCUT2D eigenvalue weighted by Gasteiger charge is 2.63. The molecule has 4 bridgehead atoms. The summed E-state index contributed by atoms with van der Waals surface area (Å²) in [5.74, 6) is 0.662. The number of amides is 1. The standard InChI is InChI=1S/C36H48N6O3S/c1-33(2,3)16-14-23-15-17-37-26(18-23)27-19-24-20-36(24)21-35(7,8)42(22-36)31-25(12-13-28(39-31)34(4,5)6)32(43)41-46(44,45)30-11-9-10-29(38-27)40-30/h9-13,15,17-18,24,27H,14,16,19-22H2,1-8H3,(H,38,40)(H,41,43). The van der Waals surface area contributed by atoms with Crippen molar-refractivity contribution in [3.8, 4) is 0 Å². The first-order valence-electron chi connectivity index (χ1n) is 16.4. The van der Waals surface area contributed by atoms with Crippen LogP contribution in [0.4, 0.5) is 11.6 Å². The number of sulfonamides is 1. The van der Waals surface area contributed by atoms with Crippen molar-refractivity contribution in [1.29, 1.82) is 0 Å². The molecule has 0 aromatic carbocycles.